The third-order valence-corrected chi connectivity index (χ3v) is 8.20. The highest BCUT2D eigenvalue weighted by Crippen LogP contribution is 2.36. The van der Waals surface area contributed by atoms with Gasteiger partial charge < -0.3 is 14.7 Å². The topological polar surface area (TPSA) is 103 Å². The van der Waals surface area contributed by atoms with Crippen molar-refractivity contribution < 1.29 is 19.5 Å². The molecule has 1 aromatic heterocycles. The second-order valence-corrected chi connectivity index (χ2v) is 11.2. The lowest BCUT2D eigenvalue weighted by Crippen LogP contribution is -2.56. The minimum Gasteiger partial charge on any atom is -0.508 e. The van der Waals surface area contributed by atoms with Crippen molar-refractivity contribution in [3.63, 3.8) is 0 Å². The minimum atomic E-state index is -0.986. The van der Waals surface area contributed by atoms with Crippen molar-refractivity contribution in [2.75, 3.05) is 13.1 Å². The molecule has 0 saturated carbocycles. The van der Waals surface area contributed by atoms with Gasteiger partial charge in [0.05, 0.1) is 11.6 Å². The first kappa shape index (κ1) is 28.3. The number of carboxylic acids is 1. The predicted molar refractivity (Wildman–Crippen MR) is 165 cm³/mol. The first-order chi connectivity index (χ1) is 20.9. The van der Waals surface area contributed by atoms with Crippen molar-refractivity contribution in [2.24, 2.45) is 0 Å². The number of benzene rings is 4. The summed E-state index contributed by atoms with van der Waals surface area (Å²) >= 11 is 0. The van der Waals surface area contributed by atoms with Gasteiger partial charge in [-0.15, -0.1) is 0 Å². The SMILES string of the molecule is C[C@@H]1CN([C@H](c2ccc(-c3noc(-c4ccc(C(=O)O)cc4)n3)cc2)c2cccc(O)c2)[C@@H](C)CN1Cc1ccccc1. The molecule has 0 amide bonds. The average molecular weight is 575 g/mol. The van der Waals surface area contributed by atoms with E-state index in [1.54, 1.807) is 18.2 Å². The fraction of sp³-hybridized carbons (Fsp3) is 0.229. The largest absolute Gasteiger partial charge is 0.508 e. The van der Waals surface area contributed by atoms with Gasteiger partial charge in [0, 0.05) is 42.8 Å². The Morgan fingerprint density at radius 2 is 1.58 bits per heavy atom. The molecule has 8 heteroatoms. The highest BCUT2D eigenvalue weighted by Gasteiger charge is 2.35. The molecule has 0 aliphatic carbocycles. The summed E-state index contributed by atoms with van der Waals surface area (Å²) in [6.07, 6.45) is 0. The standard InChI is InChI=1S/C35H34N4O4/c1-23-21-39(24(2)20-38(23)22-25-7-4-3-5-8-25)32(30-9-6-10-31(40)19-30)26-11-13-27(14-12-26)33-36-34(43-37-33)28-15-17-29(18-16-28)35(41)42/h3-19,23-24,32,40H,20-22H2,1-2H3,(H,41,42)/t23-,24+,32-/m1/s1. The Kier molecular flexibility index (Phi) is 8.05. The molecule has 2 N–H and O–H groups in total. The minimum absolute atomic E-state index is 0.0499. The molecule has 8 nitrogen and oxygen atoms in total. The van der Waals surface area contributed by atoms with Crippen molar-refractivity contribution in [2.45, 2.75) is 38.5 Å². The molecule has 6 rings (SSSR count). The molecule has 218 valence electrons. The molecule has 0 spiro atoms. The van der Waals surface area contributed by atoms with Gasteiger partial charge in [0.2, 0.25) is 5.82 Å². The second kappa shape index (κ2) is 12.2. The Balaban J connectivity index is 1.25. The van der Waals surface area contributed by atoms with Crippen LogP contribution in [0.1, 0.15) is 46.9 Å². The number of phenols is 1. The maximum atomic E-state index is 11.2. The van der Waals surface area contributed by atoms with Crippen LogP contribution in [0.25, 0.3) is 22.8 Å². The molecule has 2 heterocycles. The number of aromatic nitrogens is 2. The summed E-state index contributed by atoms with van der Waals surface area (Å²) in [6, 6.07) is 33.2. The number of piperazine rings is 1. The van der Waals surface area contributed by atoms with Gasteiger partial charge in [-0.25, -0.2) is 4.79 Å². The Hall–Kier alpha value is -4.79. The molecule has 43 heavy (non-hydrogen) atoms. The fourth-order valence-corrected chi connectivity index (χ4v) is 5.92. The number of aromatic hydroxyl groups is 1. The van der Waals surface area contributed by atoms with E-state index in [1.807, 2.05) is 24.3 Å². The average Bonchev–Trinajstić information content (AvgIpc) is 3.51. The van der Waals surface area contributed by atoms with Gasteiger partial charge in [0.1, 0.15) is 5.75 Å². The van der Waals surface area contributed by atoms with E-state index in [0.717, 1.165) is 36.3 Å². The highest BCUT2D eigenvalue weighted by molar-refractivity contribution is 5.88. The Morgan fingerprint density at radius 1 is 0.860 bits per heavy atom. The second-order valence-electron chi connectivity index (χ2n) is 11.2. The first-order valence-electron chi connectivity index (χ1n) is 14.5. The molecular weight excluding hydrogens is 540 g/mol. The molecule has 1 aliphatic rings. The Bertz CT molecular complexity index is 1690. The van der Waals surface area contributed by atoms with Crippen LogP contribution in [0, 0.1) is 0 Å². The number of phenolic OH excluding ortho intramolecular Hbond substituents is 1. The third-order valence-electron chi connectivity index (χ3n) is 8.20. The summed E-state index contributed by atoms with van der Waals surface area (Å²) in [4.78, 5) is 20.8. The van der Waals surface area contributed by atoms with Crippen LogP contribution in [-0.4, -0.2) is 61.3 Å². The van der Waals surface area contributed by atoms with Crippen LogP contribution in [0.2, 0.25) is 0 Å². The molecule has 1 saturated heterocycles. The Labute approximate surface area is 250 Å². The van der Waals surface area contributed by atoms with Crippen LogP contribution >= 0.6 is 0 Å². The third kappa shape index (κ3) is 6.21. The van der Waals surface area contributed by atoms with Crippen LogP contribution in [0.4, 0.5) is 0 Å². The lowest BCUT2D eigenvalue weighted by atomic mass is 9.92. The molecule has 5 aromatic rings. The van der Waals surface area contributed by atoms with E-state index >= 15 is 0 Å². The van der Waals surface area contributed by atoms with E-state index in [4.69, 9.17) is 9.63 Å². The van der Waals surface area contributed by atoms with Crippen LogP contribution in [0.5, 0.6) is 5.75 Å². The van der Waals surface area contributed by atoms with Crippen LogP contribution in [0.3, 0.4) is 0 Å². The lowest BCUT2D eigenvalue weighted by Gasteiger charge is -2.47. The molecule has 0 unspecified atom stereocenters. The monoisotopic (exact) mass is 574 g/mol. The summed E-state index contributed by atoms with van der Waals surface area (Å²) in [7, 11) is 0. The Morgan fingerprint density at radius 3 is 2.28 bits per heavy atom. The number of rotatable bonds is 8. The molecule has 0 bridgehead atoms. The number of carbonyl (C=O) groups is 1. The van der Waals surface area contributed by atoms with E-state index < -0.39 is 5.97 Å². The normalized spacial score (nSPS) is 18.4. The summed E-state index contributed by atoms with van der Waals surface area (Å²) in [6.45, 7) is 7.29. The quantitative estimate of drug-likeness (QED) is 0.217. The van der Waals surface area contributed by atoms with Crippen molar-refractivity contribution in [1.82, 2.24) is 19.9 Å². The van der Waals surface area contributed by atoms with Gasteiger partial charge in [-0.1, -0.05) is 71.9 Å². The number of aromatic carboxylic acids is 1. The van der Waals surface area contributed by atoms with Gasteiger partial charge in [0.15, 0.2) is 0 Å². The molecule has 1 fully saturated rings. The van der Waals surface area contributed by atoms with Gasteiger partial charge >= 0.3 is 5.97 Å². The first-order valence-corrected chi connectivity index (χ1v) is 14.5. The summed E-state index contributed by atoms with van der Waals surface area (Å²) in [5.74, 6) is 0.0390. The maximum Gasteiger partial charge on any atom is 0.335 e. The summed E-state index contributed by atoms with van der Waals surface area (Å²) in [5, 5.41) is 23.7. The molecule has 1 aliphatic heterocycles. The predicted octanol–water partition coefficient (Wildman–Crippen LogP) is 6.49. The molecule has 3 atom stereocenters. The smallest absolute Gasteiger partial charge is 0.335 e. The van der Waals surface area contributed by atoms with Gasteiger partial charge in [-0.3, -0.25) is 9.80 Å². The van der Waals surface area contributed by atoms with Crippen molar-refractivity contribution in [3.05, 3.63) is 125 Å². The lowest BCUT2D eigenvalue weighted by molar-refractivity contribution is 0.0195. The van der Waals surface area contributed by atoms with E-state index in [0.29, 0.717) is 23.3 Å². The zero-order valence-electron chi connectivity index (χ0n) is 24.2. The number of hydrogen-bond acceptors (Lipinski definition) is 7. The molecule has 4 aromatic carbocycles. The van der Waals surface area contributed by atoms with Crippen LogP contribution < -0.4 is 0 Å². The zero-order valence-corrected chi connectivity index (χ0v) is 24.2. The summed E-state index contributed by atoms with van der Waals surface area (Å²) in [5.41, 5.74) is 5.12. The maximum absolute atomic E-state index is 11.2. The number of hydrogen-bond donors (Lipinski definition) is 2. The van der Waals surface area contributed by atoms with Crippen molar-refractivity contribution in [3.8, 4) is 28.6 Å². The van der Waals surface area contributed by atoms with E-state index in [1.165, 1.54) is 17.7 Å². The van der Waals surface area contributed by atoms with E-state index in [-0.39, 0.29) is 23.4 Å². The fourth-order valence-electron chi connectivity index (χ4n) is 5.92. The van der Waals surface area contributed by atoms with Gasteiger partial charge in [0.25, 0.3) is 5.89 Å². The zero-order chi connectivity index (χ0) is 29.9. The number of nitrogens with zero attached hydrogens (tertiary/aromatic N) is 4. The van der Waals surface area contributed by atoms with E-state index in [2.05, 4.69) is 82.3 Å². The van der Waals surface area contributed by atoms with Crippen LogP contribution in [0.15, 0.2) is 108 Å². The van der Waals surface area contributed by atoms with Gasteiger partial charge in [-0.05, 0) is 66.9 Å². The van der Waals surface area contributed by atoms with Gasteiger partial charge in [-0.2, -0.15) is 4.98 Å². The molecular formula is C35H34N4O4. The summed E-state index contributed by atoms with van der Waals surface area (Å²) < 4.78 is 5.49. The highest BCUT2D eigenvalue weighted by atomic mass is 16.5. The van der Waals surface area contributed by atoms with Crippen molar-refractivity contribution in [1.29, 1.82) is 0 Å². The molecule has 0 radical (unpaired) electrons. The van der Waals surface area contributed by atoms with E-state index in [9.17, 15) is 9.90 Å². The number of carboxylic acid groups (broad SMARTS) is 1. The van der Waals surface area contributed by atoms with Crippen molar-refractivity contribution >= 4 is 5.97 Å². The van der Waals surface area contributed by atoms with Crippen LogP contribution in [-0.2, 0) is 6.54 Å².